The average molecular weight is 290 g/mol. The standard InChI is InChI=1S/C17H23FN2O/c1-2-4-15-17(21)20(11-12-5-3-6-12)16(19-15)13-7-9-14(18)10-8-13/h7-10,12,15-16,19H,2-6,11H2,1H3. The van der Waals surface area contributed by atoms with E-state index in [0.717, 1.165) is 24.9 Å². The van der Waals surface area contributed by atoms with Gasteiger partial charge in [-0.1, -0.05) is 31.9 Å². The van der Waals surface area contributed by atoms with Crippen molar-refractivity contribution < 1.29 is 9.18 Å². The van der Waals surface area contributed by atoms with Crippen LogP contribution in [0, 0.1) is 11.7 Å². The summed E-state index contributed by atoms with van der Waals surface area (Å²) in [6.07, 6.45) is 5.46. The fourth-order valence-electron chi connectivity index (χ4n) is 3.24. The van der Waals surface area contributed by atoms with Gasteiger partial charge in [-0.2, -0.15) is 0 Å². The number of carbonyl (C=O) groups is 1. The number of nitrogens with zero attached hydrogens (tertiary/aromatic N) is 1. The van der Waals surface area contributed by atoms with Crippen molar-refractivity contribution in [2.75, 3.05) is 6.54 Å². The van der Waals surface area contributed by atoms with Crippen molar-refractivity contribution in [3.63, 3.8) is 0 Å². The Morgan fingerprint density at radius 1 is 1.29 bits per heavy atom. The topological polar surface area (TPSA) is 32.3 Å². The lowest BCUT2D eigenvalue weighted by molar-refractivity contribution is -0.131. The van der Waals surface area contributed by atoms with Crippen LogP contribution in [0.15, 0.2) is 24.3 Å². The molecular weight excluding hydrogens is 267 g/mol. The quantitative estimate of drug-likeness (QED) is 0.903. The summed E-state index contributed by atoms with van der Waals surface area (Å²) in [6, 6.07) is 6.40. The Morgan fingerprint density at radius 3 is 2.57 bits per heavy atom. The number of hydrogen-bond donors (Lipinski definition) is 1. The lowest BCUT2D eigenvalue weighted by atomic mass is 9.85. The van der Waals surface area contributed by atoms with Crippen LogP contribution in [-0.4, -0.2) is 23.4 Å². The SMILES string of the molecule is CCCC1NC(c2ccc(F)cc2)N(CC2CCC2)C1=O. The Labute approximate surface area is 125 Å². The fraction of sp³-hybridized carbons (Fsp3) is 0.588. The highest BCUT2D eigenvalue weighted by atomic mass is 19.1. The Bertz CT molecular complexity index is 498. The molecule has 1 aliphatic heterocycles. The summed E-state index contributed by atoms with van der Waals surface area (Å²) in [7, 11) is 0. The third-order valence-electron chi connectivity index (χ3n) is 4.69. The maximum atomic E-state index is 13.1. The van der Waals surface area contributed by atoms with Gasteiger partial charge in [0.25, 0.3) is 0 Å². The van der Waals surface area contributed by atoms with Gasteiger partial charge in [0, 0.05) is 6.54 Å². The lowest BCUT2D eigenvalue weighted by Gasteiger charge is -2.33. The van der Waals surface area contributed by atoms with Gasteiger partial charge in [-0.25, -0.2) is 4.39 Å². The van der Waals surface area contributed by atoms with Gasteiger partial charge in [0.15, 0.2) is 0 Å². The van der Waals surface area contributed by atoms with Crippen LogP contribution in [0.1, 0.15) is 50.8 Å². The van der Waals surface area contributed by atoms with Gasteiger partial charge in [0.05, 0.1) is 6.04 Å². The third kappa shape index (κ3) is 2.95. The molecular formula is C17H23FN2O. The summed E-state index contributed by atoms with van der Waals surface area (Å²) in [4.78, 5) is 14.6. The van der Waals surface area contributed by atoms with Crippen molar-refractivity contribution in [1.82, 2.24) is 10.2 Å². The minimum atomic E-state index is -0.237. The van der Waals surface area contributed by atoms with E-state index in [1.165, 1.54) is 31.4 Å². The second-order valence-corrected chi connectivity index (χ2v) is 6.25. The molecule has 1 heterocycles. The maximum absolute atomic E-state index is 13.1. The van der Waals surface area contributed by atoms with Crippen molar-refractivity contribution in [2.45, 2.75) is 51.2 Å². The van der Waals surface area contributed by atoms with E-state index in [-0.39, 0.29) is 23.9 Å². The average Bonchev–Trinajstić information content (AvgIpc) is 2.73. The van der Waals surface area contributed by atoms with Gasteiger partial charge in [0.2, 0.25) is 5.91 Å². The number of rotatable bonds is 5. The predicted octanol–water partition coefficient (Wildman–Crippen LogP) is 3.22. The van der Waals surface area contributed by atoms with Crippen LogP contribution in [0.3, 0.4) is 0 Å². The lowest BCUT2D eigenvalue weighted by Crippen LogP contribution is -2.37. The molecule has 1 saturated carbocycles. The molecule has 3 rings (SSSR count). The number of carbonyl (C=O) groups excluding carboxylic acids is 1. The van der Waals surface area contributed by atoms with E-state index >= 15 is 0 Å². The molecule has 1 aromatic carbocycles. The first-order valence-electron chi connectivity index (χ1n) is 8.01. The van der Waals surface area contributed by atoms with Crippen LogP contribution in [0.25, 0.3) is 0 Å². The van der Waals surface area contributed by atoms with Crippen LogP contribution in [0.5, 0.6) is 0 Å². The van der Waals surface area contributed by atoms with Crippen LogP contribution in [0.4, 0.5) is 4.39 Å². The zero-order chi connectivity index (χ0) is 14.8. The number of halogens is 1. The van der Waals surface area contributed by atoms with Gasteiger partial charge in [-0.05, 0) is 42.9 Å². The summed E-state index contributed by atoms with van der Waals surface area (Å²) in [5.41, 5.74) is 0.975. The summed E-state index contributed by atoms with van der Waals surface area (Å²) in [5.74, 6) is 0.607. The first kappa shape index (κ1) is 14.5. The maximum Gasteiger partial charge on any atom is 0.241 e. The van der Waals surface area contributed by atoms with E-state index in [0.29, 0.717) is 5.92 Å². The molecule has 1 aromatic rings. The highest BCUT2D eigenvalue weighted by molar-refractivity contribution is 5.84. The Balaban J connectivity index is 1.80. The number of nitrogens with one attached hydrogen (secondary N) is 1. The third-order valence-corrected chi connectivity index (χ3v) is 4.69. The Morgan fingerprint density at radius 2 is 2.00 bits per heavy atom. The number of hydrogen-bond acceptors (Lipinski definition) is 2. The summed E-state index contributed by atoms with van der Waals surface area (Å²) < 4.78 is 13.1. The van der Waals surface area contributed by atoms with E-state index in [4.69, 9.17) is 0 Å². The zero-order valence-electron chi connectivity index (χ0n) is 12.5. The second-order valence-electron chi connectivity index (χ2n) is 6.25. The first-order chi connectivity index (χ1) is 10.2. The van der Waals surface area contributed by atoms with Crippen LogP contribution in [-0.2, 0) is 4.79 Å². The van der Waals surface area contributed by atoms with Gasteiger partial charge in [-0.3, -0.25) is 10.1 Å². The number of amides is 1. The van der Waals surface area contributed by atoms with E-state index in [2.05, 4.69) is 12.2 Å². The van der Waals surface area contributed by atoms with Crippen LogP contribution < -0.4 is 5.32 Å². The van der Waals surface area contributed by atoms with Gasteiger partial charge >= 0.3 is 0 Å². The van der Waals surface area contributed by atoms with Crippen molar-refractivity contribution >= 4 is 5.91 Å². The highest BCUT2D eigenvalue weighted by Gasteiger charge is 2.40. The molecule has 1 N–H and O–H groups in total. The summed E-state index contributed by atoms with van der Waals surface area (Å²) in [5, 5.41) is 3.43. The minimum Gasteiger partial charge on any atom is -0.321 e. The zero-order valence-corrected chi connectivity index (χ0v) is 12.5. The van der Waals surface area contributed by atoms with Gasteiger partial charge in [0.1, 0.15) is 12.0 Å². The minimum absolute atomic E-state index is 0.0925. The van der Waals surface area contributed by atoms with Crippen LogP contribution >= 0.6 is 0 Å². The van der Waals surface area contributed by atoms with Crippen molar-refractivity contribution in [3.05, 3.63) is 35.6 Å². The van der Waals surface area contributed by atoms with E-state index in [9.17, 15) is 9.18 Å². The molecule has 0 aromatic heterocycles. The smallest absolute Gasteiger partial charge is 0.241 e. The molecule has 1 aliphatic carbocycles. The van der Waals surface area contributed by atoms with Crippen molar-refractivity contribution in [1.29, 1.82) is 0 Å². The molecule has 0 radical (unpaired) electrons. The summed E-state index contributed by atoms with van der Waals surface area (Å²) >= 11 is 0. The molecule has 2 unspecified atom stereocenters. The fourth-order valence-corrected chi connectivity index (χ4v) is 3.24. The molecule has 1 saturated heterocycles. The molecule has 21 heavy (non-hydrogen) atoms. The van der Waals surface area contributed by atoms with Crippen LogP contribution in [0.2, 0.25) is 0 Å². The number of benzene rings is 1. The molecule has 4 heteroatoms. The molecule has 2 fully saturated rings. The van der Waals surface area contributed by atoms with E-state index in [1.54, 1.807) is 12.1 Å². The largest absolute Gasteiger partial charge is 0.321 e. The van der Waals surface area contributed by atoms with Crippen molar-refractivity contribution in [2.24, 2.45) is 5.92 Å². The molecule has 0 bridgehead atoms. The first-order valence-corrected chi connectivity index (χ1v) is 8.01. The predicted molar refractivity (Wildman–Crippen MR) is 80.0 cm³/mol. The van der Waals surface area contributed by atoms with E-state index in [1.807, 2.05) is 4.90 Å². The normalized spacial score (nSPS) is 26.2. The molecule has 0 spiro atoms. The Kier molecular flexibility index (Phi) is 4.24. The molecule has 2 aliphatic rings. The monoisotopic (exact) mass is 290 g/mol. The highest BCUT2D eigenvalue weighted by Crippen LogP contribution is 2.33. The molecule has 3 nitrogen and oxygen atoms in total. The molecule has 1 amide bonds. The van der Waals surface area contributed by atoms with Gasteiger partial charge < -0.3 is 4.90 Å². The van der Waals surface area contributed by atoms with Crippen molar-refractivity contribution in [3.8, 4) is 0 Å². The molecule has 114 valence electrons. The second kappa shape index (κ2) is 6.14. The summed E-state index contributed by atoms with van der Waals surface area (Å²) in [6.45, 7) is 2.92. The van der Waals surface area contributed by atoms with Gasteiger partial charge in [-0.15, -0.1) is 0 Å². The molecule has 2 atom stereocenters. The Hall–Kier alpha value is -1.42. The van der Waals surface area contributed by atoms with E-state index < -0.39 is 0 Å².